The fourth-order valence-electron chi connectivity index (χ4n) is 1.71. The molecule has 94 valence electrons. The quantitative estimate of drug-likeness (QED) is 0.601. The van der Waals surface area contributed by atoms with E-state index in [1.165, 1.54) is 0 Å². The fraction of sp³-hybridized carbons (Fsp3) is 0.0625. The summed E-state index contributed by atoms with van der Waals surface area (Å²) in [5.74, 6) is 0.732. The number of nitrogens with zero attached hydrogens (tertiary/aromatic N) is 3. The summed E-state index contributed by atoms with van der Waals surface area (Å²) < 4.78 is 0. The third-order valence-corrected chi connectivity index (χ3v) is 2.66. The zero-order chi connectivity index (χ0) is 13.5. The molecule has 0 aliphatic heterocycles. The Bertz CT molecular complexity index is 583. The SMILES string of the molecule is C=C/C(=C\N=C)Cc1cnc(-c2ccccc2)nc1. The van der Waals surface area contributed by atoms with Gasteiger partial charge in [0.15, 0.2) is 5.82 Å². The van der Waals surface area contributed by atoms with Gasteiger partial charge in [-0.05, 0) is 17.9 Å². The van der Waals surface area contributed by atoms with Crippen LogP contribution >= 0.6 is 0 Å². The molecule has 0 atom stereocenters. The van der Waals surface area contributed by atoms with Gasteiger partial charge in [-0.1, -0.05) is 43.0 Å². The number of hydrogen-bond donors (Lipinski definition) is 0. The largest absolute Gasteiger partial charge is 0.272 e. The van der Waals surface area contributed by atoms with Gasteiger partial charge in [0, 0.05) is 30.6 Å². The first-order valence-corrected chi connectivity index (χ1v) is 5.97. The minimum absolute atomic E-state index is 0.706. The van der Waals surface area contributed by atoms with Crippen molar-refractivity contribution in [3.8, 4) is 11.4 Å². The normalized spacial score (nSPS) is 11.1. The molecule has 0 amide bonds. The highest BCUT2D eigenvalue weighted by atomic mass is 14.9. The van der Waals surface area contributed by atoms with Crippen LogP contribution in [-0.2, 0) is 6.42 Å². The minimum atomic E-state index is 0.706. The monoisotopic (exact) mass is 249 g/mol. The topological polar surface area (TPSA) is 38.1 Å². The Labute approximate surface area is 113 Å². The third kappa shape index (κ3) is 3.45. The van der Waals surface area contributed by atoms with Gasteiger partial charge in [-0.15, -0.1) is 0 Å². The van der Waals surface area contributed by atoms with Crippen LogP contribution in [0.15, 0.2) is 72.1 Å². The van der Waals surface area contributed by atoms with Crippen molar-refractivity contribution in [3.05, 3.63) is 72.7 Å². The van der Waals surface area contributed by atoms with Crippen LogP contribution in [0.4, 0.5) is 0 Å². The molecule has 2 rings (SSSR count). The predicted octanol–water partition coefficient (Wildman–Crippen LogP) is 3.46. The molecule has 0 radical (unpaired) electrons. The van der Waals surface area contributed by atoms with E-state index >= 15 is 0 Å². The van der Waals surface area contributed by atoms with E-state index in [1.54, 1.807) is 12.3 Å². The zero-order valence-corrected chi connectivity index (χ0v) is 10.7. The Morgan fingerprint density at radius 2 is 1.84 bits per heavy atom. The van der Waals surface area contributed by atoms with E-state index in [0.29, 0.717) is 6.42 Å². The lowest BCUT2D eigenvalue weighted by atomic mass is 10.1. The molecule has 0 aliphatic carbocycles. The summed E-state index contributed by atoms with van der Waals surface area (Å²) in [6.45, 7) is 7.18. The van der Waals surface area contributed by atoms with Gasteiger partial charge in [-0.3, -0.25) is 4.99 Å². The smallest absolute Gasteiger partial charge is 0.159 e. The molecule has 0 fully saturated rings. The maximum Gasteiger partial charge on any atom is 0.159 e. The summed E-state index contributed by atoms with van der Waals surface area (Å²) in [4.78, 5) is 12.5. The van der Waals surface area contributed by atoms with E-state index in [1.807, 2.05) is 42.7 Å². The van der Waals surface area contributed by atoms with Crippen LogP contribution in [0.2, 0.25) is 0 Å². The Morgan fingerprint density at radius 3 is 2.42 bits per heavy atom. The maximum absolute atomic E-state index is 4.38. The first-order valence-electron chi connectivity index (χ1n) is 5.97. The van der Waals surface area contributed by atoms with Crippen LogP contribution in [-0.4, -0.2) is 16.7 Å². The highest BCUT2D eigenvalue weighted by molar-refractivity contribution is 5.54. The molecule has 1 aromatic carbocycles. The van der Waals surface area contributed by atoms with Gasteiger partial charge in [0.05, 0.1) is 0 Å². The lowest BCUT2D eigenvalue weighted by Gasteiger charge is -2.03. The van der Waals surface area contributed by atoms with E-state index < -0.39 is 0 Å². The van der Waals surface area contributed by atoms with E-state index in [4.69, 9.17) is 0 Å². The van der Waals surface area contributed by atoms with E-state index in [-0.39, 0.29) is 0 Å². The molecular formula is C16H15N3. The number of rotatable bonds is 5. The van der Waals surface area contributed by atoms with Gasteiger partial charge in [0.25, 0.3) is 0 Å². The van der Waals surface area contributed by atoms with E-state index in [0.717, 1.165) is 22.5 Å². The van der Waals surface area contributed by atoms with Crippen molar-refractivity contribution in [3.63, 3.8) is 0 Å². The summed E-state index contributed by atoms with van der Waals surface area (Å²) in [6.07, 6.45) is 7.82. The molecule has 0 saturated carbocycles. The summed E-state index contributed by atoms with van der Waals surface area (Å²) >= 11 is 0. The van der Waals surface area contributed by atoms with Crippen molar-refractivity contribution in [1.29, 1.82) is 0 Å². The molecule has 3 nitrogen and oxygen atoms in total. The van der Waals surface area contributed by atoms with Crippen molar-refractivity contribution < 1.29 is 0 Å². The standard InChI is InChI=1S/C16H15N3/c1-3-13(10-17-2)9-14-11-18-16(19-12-14)15-7-5-4-6-8-15/h3-8,10-12H,1-2,9H2/b13-10+. The molecule has 0 aliphatic rings. The molecule has 19 heavy (non-hydrogen) atoms. The minimum Gasteiger partial charge on any atom is -0.272 e. The Morgan fingerprint density at radius 1 is 1.16 bits per heavy atom. The molecule has 0 bridgehead atoms. The average Bonchev–Trinajstić information content (AvgIpc) is 2.48. The van der Waals surface area contributed by atoms with Crippen LogP contribution in [0.5, 0.6) is 0 Å². The van der Waals surface area contributed by atoms with Gasteiger partial charge < -0.3 is 0 Å². The van der Waals surface area contributed by atoms with Crippen molar-refractivity contribution in [1.82, 2.24) is 9.97 Å². The van der Waals surface area contributed by atoms with Crippen LogP contribution in [0.1, 0.15) is 5.56 Å². The molecule has 0 unspecified atom stereocenters. The predicted molar refractivity (Wildman–Crippen MR) is 79.0 cm³/mol. The molecule has 0 saturated heterocycles. The van der Waals surface area contributed by atoms with Crippen molar-refractivity contribution in [2.24, 2.45) is 4.99 Å². The number of benzene rings is 1. The Hall–Kier alpha value is -2.55. The lowest BCUT2D eigenvalue weighted by molar-refractivity contribution is 1.07. The van der Waals surface area contributed by atoms with Gasteiger partial charge in [0.1, 0.15) is 0 Å². The third-order valence-electron chi connectivity index (χ3n) is 2.66. The van der Waals surface area contributed by atoms with Gasteiger partial charge in [-0.2, -0.15) is 0 Å². The number of aliphatic imine (C=N–C) groups is 1. The first kappa shape index (κ1) is 12.9. The summed E-state index contributed by atoms with van der Waals surface area (Å²) in [5.41, 5.74) is 3.03. The van der Waals surface area contributed by atoms with Crippen molar-refractivity contribution in [2.45, 2.75) is 6.42 Å². The van der Waals surface area contributed by atoms with Crippen LogP contribution in [0.25, 0.3) is 11.4 Å². The highest BCUT2D eigenvalue weighted by Gasteiger charge is 2.01. The molecule has 3 heteroatoms. The first-order chi connectivity index (χ1) is 9.33. The average molecular weight is 249 g/mol. The van der Waals surface area contributed by atoms with Gasteiger partial charge in [0.2, 0.25) is 0 Å². The second kappa shape index (κ2) is 6.40. The molecule has 0 spiro atoms. The van der Waals surface area contributed by atoms with E-state index in [9.17, 15) is 0 Å². The number of allylic oxidation sites excluding steroid dienone is 2. The molecule has 1 aromatic heterocycles. The summed E-state index contributed by atoms with van der Waals surface area (Å²) in [6, 6.07) is 9.90. The lowest BCUT2D eigenvalue weighted by Crippen LogP contribution is -1.94. The Balaban J connectivity index is 2.17. The zero-order valence-electron chi connectivity index (χ0n) is 10.7. The molecular weight excluding hydrogens is 234 g/mol. The second-order valence-corrected chi connectivity index (χ2v) is 4.05. The van der Waals surface area contributed by atoms with Crippen LogP contribution in [0, 0.1) is 0 Å². The fourth-order valence-corrected chi connectivity index (χ4v) is 1.71. The molecule has 2 aromatic rings. The number of aromatic nitrogens is 2. The van der Waals surface area contributed by atoms with Crippen LogP contribution < -0.4 is 0 Å². The number of hydrogen-bond acceptors (Lipinski definition) is 3. The summed E-state index contributed by atoms with van der Waals surface area (Å²) in [7, 11) is 0. The van der Waals surface area contributed by atoms with Crippen molar-refractivity contribution >= 4 is 6.72 Å². The van der Waals surface area contributed by atoms with Gasteiger partial charge in [-0.25, -0.2) is 9.97 Å². The Kier molecular flexibility index (Phi) is 4.34. The van der Waals surface area contributed by atoms with E-state index in [2.05, 4.69) is 28.3 Å². The maximum atomic E-state index is 4.38. The van der Waals surface area contributed by atoms with Crippen molar-refractivity contribution in [2.75, 3.05) is 0 Å². The molecule has 1 heterocycles. The summed E-state index contributed by atoms with van der Waals surface area (Å²) in [5, 5.41) is 0. The molecule has 0 N–H and O–H groups in total. The van der Waals surface area contributed by atoms with Gasteiger partial charge >= 0.3 is 0 Å². The highest BCUT2D eigenvalue weighted by Crippen LogP contribution is 2.14. The second-order valence-electron chi connectivity index (χ2n) is 4.05. The van der Waals surface area contributed by atoms with Crippen LogP contribution in [0.3, 0.4) is 0 Å².